The number of fused-ring (bicyclic) bond motifs is 1. The van der Waals surface area contributed by atoms with Gasteiger partial charge in [-0.25, -0.2) is 4.98 Å². The van der Waals surface area contributed by atoms with Crippen LogP contribution in [-0.4, -0.2) is 20.6 Å². The summed E-state index contributed by atoms with van der Waals surface area (Å²) >= 11 is 0. The quantitative estimate of drug-likeness (QED) is 0.124. The van der Waals surface area contributed by atoms with Gasteiger partial charge in [0.05, 0.1) is 16.6 Å². The Morgan fingerprint density at radius 2 is 1.30 bits per heavy atom. The van der Waals surface area contributed by atoms with Gasteiger partial charge in [-0.05, 0) is 176 Å². The number of benzene rings is 1. The van der Waals surface area contributed by atoms with Crippen molar-refractivity contribution in [3.8, 4) is 107 Å². The second-order valence-electron chi connectivity index (χ2n) is 10.8. The maximum absolute atomic E-state index is 12.5. The molecule has 1 amide bonds. The van der Waals surface area contributed by atoms with E-state index >= 15 is 0 Å². The van der Waals surface area contributed by atoms with Gasteiger partial charge >= 0.3 is 0 Å². The first kappa shape index (κ1) is 43.1. The lowest BCUT2D eigenvalue weighted by Crippen LogP contribution is -2.27. The third kappa shape index (κ3) is 16.6. The zero-order valence-electron chi connectivity index (χ0n) is 29.0. The molecule has 1 aromatic carbocycles. The first-order chi connectivity index (χ1) is 24.0. The second-order valence-corrected chi connectivity index (χ2v) is 10.8. The van der Waals surface area contributed by atoms with Gasteiger partial charge in [0.1, 0.15) is 0 Å². The normalized spacial score (nSPS) is 10.3. The predicted molar refractivity (Wildman–Crippen MR) is 221 cm³/mol. The number of aliphatic hydroxyl groups is 1. The third-order valence-electron chi connectivity index (χ3n) is 6.67. The van der Waals surface area contributed by atoms with Crippen molar-refractivity contribution in [1.82, 2.24) is 9.55 Å². The summed E-state index contributed by atoms with van der Waals surface area (Å²) in [5.41, 5.74) is 14.0. The molecule has 3 rings (SSSR count). The fourth-order valence-corrected chi connectivity index (χ4v) is 3.67. The minimum atomic E-state index is -0.904. The molecule has 1 fully saturated rings. The molecule has 0 unspecified atom stereocenters. The summed E-state index contributed by atoms with van der Waals surface area (Å²) in [4.78, 5) is 33.0. The van der Waals surface area contributed by atoms with Gasteiger partial charge in [0.2, 0.25) is 11.9 Å². The van der Waals surface area contributed by atoms with Gasteiger partial charge in [-0.1, -0.05) is 38.7 Å². The molecule has 0 aliphatic heterocycles. The summed E-state index contributed by atoms with van der Waals surface area (Å²) in [6.45, 7) is 13.0. The van der Waals surface area contributed by atoms with E-state index in [0.29, 0.717) is 12.0 Å². The summed E-state index contributed by atoms with van der Waals surface area (Å²) in [6, 6.07) is 6.20. The molecule has 272 valence electrons. The Bertz CT molecular complexity index is 2070. The molecule has 1 atom stereocenters. The molecule has 1 aromatic heterocycles. The van der Waals surface area contributed by atoms with Crippen LogP contribution >= 0.6 is 0 Å². The molecule has 50 heavy (non-hydrogen) atoms. The molecule has 2 aromatic rings. The van der Waals surface area contributed by atoms with Crippen molar-refractivity contribution in [3.05, 3.63) is 44.1 Å². The number of rotatable bonds is 5. The highest BCUT2D eigenvalue weighted by Gasteiger charge is 2.28. The zero-order valence-corrected chi connectivity index (χ0v) is 29.0. The summed E-state index contributed by atoms with van der Waals surface area (Å²) < 4.78 is 2.15. The zero-order chi connectivity index (χ0) is 37.8. The predicted octanol–water partition coefficient (Wildman–Crippen LogP) is 8.92. The van der Waals surface area contributed by atoms with Crippen LogP contribution in [0.1, 0.15) is 95.0 Å². The number of nitrogens with one attached hydrogen (secondary N) is 2. The molecule has 1 aliphatic rings. The Kier molecular flexibility index (Phi) is 21.7. The van der Waals surface area contributed by atoms with E-state index in [1.54, 1.807) is 32.6 Å². The van der Waals surface area contributed by atoms with Crippen LogP contribution in [-0.2, 0) is 10.4 Å². The van der Waals surface area contributed by atoms with E-state index in [4.69, 9.17) is 21.0 Å². The molecule has 3 N–H and O–H groups in total. The molecular weight excluding hydrogens is 628 g/mol. The maximum atomic E-state index is 12.5. The van der Waals surface area contributed by atoms with E-state index in [1.165, 1.54) is 6.42 Å². The fraction of sp³-hybridized carbons (Fsp3) is 0.350. The molecule has 1 aliphatic carbocycles. The smallest absolute Gasteiger partial charge is 0.229 e. The van der Waals surface area contributed by atoms with Gasteiger partial charge in [-0.3, -0.25) is 10.1 Å². The van der Waals surface area contributed by atoms with Gasteiger partial charge in [0, 0.05) is 37.6 Å². The first-order valence-electron chi connectivity index (χ1n) is 15.1. The number of anilines is 1. The lowest BCUT2D eigenvalue weighted by molar-refractivity contribution is -0.120. The van der Waals surface area contributed by atoms with Crippen molar-refractivity contribution in [2.24, 2.45) is 11.8 Å². The summed E-state index contributed by atoms with van der Waals surface area (Å²) in [5, 5.41) is 13.4. The highest BCUT2D eigenvalue weighted by atomic mass is 16.7. The largest absolute Gasteiger partial charge is 0.386 e. The number of hydrogen-bond acceptors (Lipinski definition) is 6. The van der Waals surface area contributed by atoms with Crippen molar-refractivity contribution in [2.45, 2.75) is 79.4 Å². The van der Waals surface area contributed by atoms with E-state index < -0.39 is 5.60 Å². The Morgan fingerprint density at radius 3 is 1.62 bits per heavy atom. The van der Waals surface area contributed by atoms with Gasteiger partial charge in [0.15, 0.2) is 0 Å². The molecule has 1 saturated carbocycles. The molecule has 0 saturated heterocycles. The van der Waals surface area contributed by atoms with Crippen LogP contribution in [0.3, 0.4) is 0 Å². The van der Waals surface area contributed by atoms with Crippen molar-refractivity contribution < 1.29 is 25.6 Å². The van der Waals surface area contributed by atoms with Crippen LogP contribution in [0.2, 0.25) is 0 Å². The molecule has 1 heterocycles. The van der Waals surface area contributed by atoms with Crippen LogP contribution in [0, 0.1) is 134 Å². The monoisotopic (exact) mass is 686 g/mol. The Balaban J connectivity index is -0.0000000620. The maximum Gasteiger partial charge on any atom is 0.229 e. The van der Waals surface area contributed by atoms with E-state index in [0.717, 1.165) is 29.4 Å². The molecule has 0 bridgehead atoms. The van der Waals surface area contributed by atoms with Crippen LogP contribution in [0.15, 0.2) is 18.2 Å². The van der Waals surface area contributed by atoms with Gasteiger partial charge < -0.3 is 9.67 Å². The molecule has 0 radical (unpaired) electrons. The Morgan fingerprint density at radius 1 is 0.900 bits per heavy atom. The minimum Gasteiger partial charge on any atom is -0.386 e. The number of nitrogens with zero attached hydrogens (tertiary/aromatic N) is 4. The third-order valence-corrected chi connectivity index (χ3v) is 6.67. The van der Waals surface area contributed by atoms with Crippen molar-refractivity contribution in [3.63, 3.8) is 0 Å². The van der Waals surface area contributed by atoms with Crippen LogP contribution in [0.4, 0.5) is 5.95 Å². The average molecular weight is 687 g/mol. The lowest BCUT2D eigenvalue weighted by Gasteiger charge is -2.29. The van der Waals surface area contributed by atoms with Gasteiger partial charge in [-0.15, -0.1) is 5.53 Å². The topological polar surface area (TPSA) is 162 Å². The molecule has 10 heteroatoms. The number of imidazole rings is 1. The number of carbonyl (C=O) groups is 1. The van der Waals surface area contributed by atoms with E-state index in [2.05, 4.69) is 135 Å². The molecule has 0 spiro atoms. The SMILES string of the molecule is CC#CC#CC#CC#CC#CC#CC#CC#CC#CC.CC(C)[C@H](C)C(=O)Nc1nc2ccc(C(C)(C)O)cc2n1C1CCC1.O=O.[HH].[HH].[HH].[HH].[HH].[HH].[HH].[HH].[HH].[HH].[HH].[N-]=[N+]=N. The second kappa shape index (κ2) is 25.2. The van der Waals surface area contributed by atoms with Crippen LogP contribution in [0.25, 0.3) is 21.5 Å². The highest BCUT2D eigenvalue weighted by Crippen LogP contribution is 2.38. The van der Waals surface area contributed by atoms with E-state index in [-0.39, 0.29) is 33.4 Å². The van der Waals surface area contributed by atoms with Crippen molar-refractivity contribution in [1.29, 1.82) is 5.53 Å². The number of aromatic nitrogens is 2. The Hall–Kier alpha value is -6.93. The Labute approximate surface area is 310 Å². The summed E-state index contributed by atoms with van der Waals surface area (Å²) in [7, 11) is 0. The van der Waals surface area contributed by atoms with E-state index in [1.807, 2.05) is 25.1 Å². The van der Waals surface area contributed by atoms with Crippen molar-refractivity contribution in [2.75, 3.05) is 5.32 Å². The molecule has 10 nitrogen and oxygen atoms in total. The average Bonchev–Trinajstić information content (AvgIpc) is 3.41. The summed E-state index contributed by atoms with van der Waals surface area (Å²) in [5.74, 6) is 46.4. The van der Waals surface area contributed by atoms with Gasteiger partial charge in [0.25, 0.3) is 0 Å². The lowest BCUT2D eigenvalue weighted by atomic mass is 9.92. The molecular formula is C40H58N6O4. The number of carbonyl (C=O) groups excluding carboxylic acids is 1. The standard InChI is InChI=1S/C20H29N3O2.C20H6.HN3.O2.11H2/c1-12(2)13(3)18(24)22-19-21-16-10-9-14(20(4,5)25)11-17(16)23(19)15-7-6-8-15;1-3-5-7-9-11-13-15-17-19-20-18-16-14-12-10-8-6-4-2;1-3-2;1-2;;;;;;;;;;;/h9-13,15,25H,6-8H2,1-5H3,(H,21,22,24);1-2H3;1H;;11*1H/t13-;;;;;;;;;;;;;;/m0............../s1. The summed E-state index contributed by atoms with van der Waals surface area (Å²) in [6.07, 6.45) is 3.40. The van der Waals surface area contributed by atoms with Crippen molar-refractivity contribution >= 4 is 22.9 Å². The van der Waals surface area contributed by atoms with E-state index in [9.17, 15) is 9.90 Å². The first-order valence-corrected chi connectivity index (χ1v) is 15.1. The highest BCUT2D eigenvalue weighted by molar-refractivity contribution is 5.93. The fourth-order valence-electron chi connectivity index (χ4n) is 3.67. The minimum absolute atomic E-state index is 0. The van der Waals surface area contributed by atoms with Gasteiger partial charge in [-0.2, -0.15) is 0 Å². The number of amides is 1. The van der Waals surface area contributed by atoms with Crippen LogP contribution < -0.4 is 5.32 Å². The number of hydrogen-bond donors (Lipinski definition) is 3. The van der Waals surface area contributed by atoms with Crippen LogP contribution in [0.5, 0.6) is 0 Å².